The molecule has 1 aliphatic heterocycles. The van der Waals surface area contributed by atoms with E-state index in [4.69, 9.17) is 4.74 Å². The maximum absolute atomic E-state index is 12.3. The lowest BCUT2D eigenvalue weighted by molar-refractivity contribution is 0.0657. The van der Waals surface area contributed by atoms with Gasteiger partial charge in [-0.2, -0.15) is 0 Å². The third kappa shape index (κ3) is 4.08. The molecular weight excluding hydrogens is 344 g/mol. The average Bonchev–Trinajstić information content (AvgIpc) is 2.95. The Balaban J connectivity index is 1.50. The van der Waals surface area contributed by atoms with Crippen LogP contribution in [-0.2, 0) is 6.54 Å². The predicted molar refractivity (Wildman–Crippen MR) is 103 cm³/mol. The van der Waals surface area contributed by atoms with Gasteiger partial charge in [-0.3, -0.25) is 19.5 Å². The highest BCUT2D eigenvalue weighted by atomic mass is 16.5. The third-order valence-corrected chi connectivity index (χ3v) is 4.32. The molecule has 1 heterocycles. The number of nitrogens with zero attached hydrogens (tertiary/aromatic N) is 2. The van der Waals surface area contributed by atoms with Crippen LogP contribution in [0.15, 0.2) is 53.5 Å². The minimum absolute atomic E-state index is 0.253. The number of imide groups is 1. The second-order valence-corrected chi connectivity index (χ2v) is 6.01. The zero-order chi connectivity index (χ0) is 19.2. The number of carbonyl (C=O) groups excluding carboxylic acids is 2. The molecule has 140 valence electrons. The first-order valence-electron chi connectivity index (χ1n) is 8.66. The molecule has 0 fully saturated rings. The van der Waals surface area contributed by atoms with Gasteiger partial charge < -0.3 is 15.4 Å². The van der Waals surface area contributed by atoms with Gasteiger partial charge in [0.1, 0.15) is 5.75 Å². The van der Waals surface area contributed by atoms with Crippen molar-refractivity contribution in [3.05, 3.63) is 65.2 Å². The predicted octanol–water partition coefficient (Wildman–Crippen LogP) is 1.66. The number of rotatable bonds is 6. The van der Waals surface area contributed by atoms with Gasteiger partial charge in [0, 0.05) is 26.7 Å². The molecule has 0 bridgehead atoms. The molecular formula is C20H22N4O3. The summed E-state index contributed by atoms with van der Waals surface area (Å²) >= 11 is 0. The Kier molecular flexibility index (Phi) is 5.71. The van der Waals surface area contributed by atoms with Crippen LogP contribution in [-0.4, -0.2) is 49.9 Å². The molecule has 0 saturated carbocycles. The van der Waals surface area contributed by atoms with Crippen molar-refractivity contribution in [2.45, 2.75) is 6.54 Å². The van der Waals surface area contributed by atoms with Crippen LogP contribution >= 0.6 is 0 Å². The lowest BCUT2D eigenvalue weighted by atomic mass is 10.1. The van der Waals surface area contributed by atoms with Gasteiger partial charge in [-0.05, 0) is 29.8 Å². The Morgan fingerprint density at radius 3 is 2.37 bits per heavy atom. The van der Waals surface area contributed by atoms with Gasteiger partial charge in [0.05, 0.1) is 18.2 Å². The Morgan fingerprint density at radius 1 is 1.04 bits per heavy atom. The molecule has 0 spiro atoms. The van der Waals surface area contributed by atoms with Crippen molar-refractivity contribution in [1.82, 2.24) is 15.5 Å². The first-order valence-corrected chi connectivity index (χ1v) is 8.66. The molecule has 2 aromatic rings. The van der Waals surface area contributed by atoms with Gasteiger partial charge in [-0.15, -0.1) is 0 Å². The van der Waals surface area contributed by atoms with Crippen LogP contribution in [0.25, 0.3) is 0 Å². The number of fused-ring (bicyclic) bond motifs is 1. The van der Waals surface area contributed by atoms with E-state index in [0.29, 0.717) is 30.2 Å². The second kappa shape index (κ2) is 8.35. The van der Waals surface area contributed by atoms with E-state index in [1.54, 1.807) is 38.4 Å². The summed E-state index contributed by atoms with van der Waals surface area (Å²) in [5, 5.41) is 6.32. The molecule has 0 atom stereocenters. The number of carbonyl (C=O) groups is 2. The minimum atomic E-state index is -0.253. The van der Waals surface area contributed by atoms with E-state index >= 15 is 0 Å². The number of hydrogen-bond donors (Lipinski definition) is 2. The normalized spacial score (nSPS) is 13.6. The topological polar surface area (TPSA) is 83.0 Å². The summed E-state index contributed by atoms with van der Waals surface area (Å²) in [6.07, 6.45) is 0. The Labute approximate surface area is 158 Å². The van der Waals surface area contributed by atoms with Crippen LogP contribution in [0.1, 0.15) is 26.3 Å². The number of guanidine groups is 1. The van der Waals surface area contributed by atoms with Crippen LogP contribution in [0.5, 0.6) is 5.75 Å². The maximum atomic E-state index is 12.3. The number of benzene rings is 2. The second-order valence-electron chi connectivity index (χ2n) is 6.01. The van der Waals surface area contributed by atoms with Crippen LogP contribution in [0.3, 0.4) is 0 Å². The highest BCUT2D eigenvalue weighted by Gasteiger charge is 2.34. The maximum Gasteiger partial charge on any atom is 0.261 e. The fraction of sp³-hybridized carbons (Fsp3) is 0.250. The molecule has 0 saturated heterocycles. The van der Waals surface area contributed by atoms with E-state index < -0.39 is 0 Å². The first kappa shape index (κ1) is 18.4. The lowest BCUT2D eigenvalue weighted by Crippen LogP contribution is -2.42. The van der Waals surface area contributed by atoms with Crippen LogP contribution in [0.2, 0.25) is 0 Å². The molecule has 3 rings (SSSR count). The quantitative estimate of drug-likeness (QED) is 0.462. The summed E-state index contributed by atoms with van der Waals surface area (Å²) in [4.78, 5) is 30.1. The SMILES string of the molecule is CN=C(NCCN1C(=O)c2ccccc2C1=O)NCc1cccc(OC)c1. The van der Waals surface area contributed by atoms with Gasteiger partial charge in [0.2, 0.25) is 0 Å². The monoisotopic (exact) mass is 366 g/mol. The number of methoxy groups -OCH3 is 1. The fourth-order valence-corrected chi connectivity index (χ4v) is 2.92. The van der Waals surface area contributed by atoms with E-state index in [9.17, 15) is 9.59 Å². The molecule has 0 radical (unpaired) electrons. The van der Waals surface area contributed by atoms with Crippen molar-refractivity contribution in [3.63, 3.8) is 0 Å². The molecule has 1 aliphatic rings. The fourth-order valence-electron chi connectivity index (χ4n) is 2.92. The highest BCUT2D eigenvalue weighted by Crippen LogP contribution is 2.21. The first-order chi connectivity index (χ1) is 13.1. The van der Waals surface area contributed by atoms with Crippen molar-refractivity contribution >= 4 is 17.8 Å². The van der Waals surface area contributed by atoms with Gasteiger partial charge >= 0.3 is 0 Å². The Morgan fingerprint density at radius 2 is 1.74 bits per heavy atom. The molecule has 2 N–H and O–H groups in total. The summed E-state index contributed by atoms with van der Waals surface area (Å²) in [7, 11) is 3.30. The number of ether oxygens (including phenoxy) is 1. The largest absolute Gasteiger partial charge is 0.497 e. The number of hydrogen-bond acceptors (Lipinski definition) is 4. The zero-order valence-electron chi connectivity index (χ0n) is 15.4. The molecule has 2 aromatic carbocycles. The zero-order valence-corrected chi connectivity index (χ0v) is 15.4. The summed E-state index contributed by atoms with van der Waals surface area (Å²) in [6, 6.07) is 14.6. The van der Waals surface area contributed by atoms with Gasteiger partial charge in [-0.25, -0.2) is 0 Å². The van der Waals surface area contributed by atoms with E-state index in [0.717, 1.165) is 11.3 Å². The van der Waals surface area contributed by atoms with Crippen molar-refractivity contribution in [3.8, 4) is 5.75 Å². The van der Waals surface area contributed by atoms with E-state index in [1.807, 2.05) is 24.3 Å². The van der Waals surface area contributed by atoms with Crippen molar-refractivity contribution in [2.75, 3.05) is 27.2 Å². The van der Waals surface area contributed by atoms with Gasteiger partial charge in [-0.1, -0.05) is 24.3 Å². The molecule has 7 nitrogen and oxygen atoms in total. The molecule has 0 unspecified atom stereocenters. The average molecular weight is 366 g/mol. The minimum Gasteiger partial charge on any atom is -0.497 e. The molecule has 27 heavy (non-hydrogen) atoms. The molecule has 0 aliphatic carbocycles. The smallest absolute Gasteiger partial charge is 0.261 e. The standard InChI is InChI=1S/C20H22N4O3/c1-21-20(23-13-14-6-5-7-15(12-14)27-2)22-10-11-24-18(25)16-8-3-4-9-17(16)19(24)26/h3-9,12H,10-11,13H2,1-2H3,(H2,21,22,23). The number of nitrogens with one attached hydrogen (secondary N) is 2. The summed E-state index contributed by atoms with van der Waals surface area (Å²) < 4.78 is 5.21. The van der Waals surface area contributed by atoms with E-state index in [-0.39, 0.29) is 18.4 Å². The van der Waals surface area contributed by atoms with E-state index in [1.165, 1.54) is 4.90 Å². The summed E-state index contributed by atoms with van der Waals surface area (Å²) in [6.45, 7) is 1.25. The van der Waals surface area contributed by atoms with E-state index in [2.05, 4.69) is 15.6 Å². The number of amides is 2. The molecule has 7 heteroatoms. The van der Waals surface area contributed by atoms with Crippen LogP contribution in [0, 0.1) is 0 Å². The number of aliphatic imine (C=N–C) groups is 1. The van der Waals surface area contributed by atoms with Crippen molar-refractivity contribution in [1.29, 1.82) is 0 Å². The third-order valence-electron chi connectivity index (χ3n) is 4.32. The molecule has 2 amide bonds. The van der Waals surface area contributed by atoms with Crippen molar-refractivity contribution in [2.24, 2.45) is 4.99 Å². The Hall–Kier alpha value is -3.35. The van der Waals surface area contributed by atoms with Gasteiger partial charge in [0.15, 0.2) is 5.96 Å². The van der Waals surface area contributed by atoms with Crippen molar-refractivity contribution < 1.29 is 14.3 Å². The summed E-state index contributed by atoms with van der Waals surface area (Å²) in [5.74, 6) is 0.880. The highest BCUT2D eigenvalue weighted by molar-refractivity contribution is 6.21. The van der Waals surface area contributed by atoms with Gasteiger partial charge in [0.25, 0.3) is 11.8 Å². The summed E-state index contributed by atoms with van der Waals surface area (Å²) in [5.41, 5.74) is 1.98. The Bertz CT molecular complexity index is 844. The molecule has 0 aromatic heterocycles. The lowest BCUT2D eigenvalue weighted by Gasteiger charge is -2.16. The van der Waals surface area contributed by atoms with Crippen LogP contribution < -0.4 is 15.4 Å². The van der Waals surface area contributed by atoms with Crippen LogP contribution in [0.4, 0.5) is 0 Å².